The van der Waals surface area contributed by atoms with E-state index in [1.54, 1.807) is 24.3 Å². The van der Waals surface area contributed by atoms with Crippen LogP contribution in [0.2, 0.25) is 5.02 Å². The van der Waals surface area contributed by atoms with Crippen LogP contribution in [0.4, 0.5) is 10.5 Å². The van der Waals surface area contributed by atoms with Gasteiger partial charge in [-0.25, -0.2) is 4.79 Å². The Morgan fingerprint density at radius 3 is 2.79 bits per heavy atom. The van der Waals surface area contributed by atoms with Gasteiger partial charge in [0.25, 0.3) is 5.91 Å². The van der Waals surface area contributed by atoms with Crippen molar-refractivity contribution in [2.45, 2.75) is 25.4 Å². The van der Waals surface area contributed by atoms with E-state index in [2.05, 4.69) is 15.6 Å². The van der Waals surface area contributed by atoms with Gasteiger partial charge in [-0.3, -0.25) is 14.5 Å². The molecule has 2 aromatic carbocycles. The Balaban J connectivity index is 1.48. The Kier molecular flexibility index (Phi) is 4.98. The number of benzene rings is 2. The Morgan fingerprint density at radius 2 is 2.00 bits per heavy atom. The first-order chi connectivity index (χ1) is 13.9. The third kappa shape index (κ3) is 3.69. The first kappa shape index (κ1) is 19.0. The Morgan fingerprint density at radius 1 is 1.21 bits per heavy atom. The number of rotatable bonds is 5. The van der Waals surface area contributed by atoms with Crippen molar-refractivity contribution in [2.75, 3.05) is 5.32 Å². The fourth-order valence-corrected chi connectivity index (χ4v) is 3.69. The van der Waals surface area contributed by atoms with E-state index < -0.39 is 29.9 Å². The lowest BCUT2D eigenvalue weighted by Gasteiger charge is -2.21. The average molecular weight is 411 g/mol. The standard InChI is InChI=1S/C21H19ClN4O3/c1-12(19(27)24-15-6-4-5-14(22)10-15)26-20(28)18(25-21(26)29)9-13-11-23-17-8-3-2-7-16(13)17/h2-8,10-12,18,23H,9H2,1H3,(H,24,27)(H,25,29)/t12-,18+/m1/s1. The van der Waals surface area contributed by atoms with Crippen LogP contribution in [-0.4, -0.2) is 39.8 Å². The Labute approximate surface area is 172 Å². The van der Waals surface area contributed by atoms with Gasteiger partial charge in [-0.1, -0.05) is 35.9 Å². The molecule has 1 fully saturated rings. The predicted molar refractivity (Wildman–Crippen MR) is 111 cm³/mol. The number of H-pyrrole nitrogens is 1. The van der Waals surface area contributed by atoms with Crippen LogP contribution >= 0.6 is 11.6 Å². The molecule has 1 aliphatic rings. The average Bonchev–Trinajstić information content (AvgIpc) is 3.22. The molecule has 2 atom stereocenters. The molecular weight excluding hydrogens is 392 g/mol. The van der Waals surface area contributed by atoms with Crippen molar-refractivity contribution in [1.82, 2.24) is 15.2 Å². The summed E-state index contributed by atoms with van der Waals surface area (Å²) in [6, 6.07) is 12.2. The summed E-state index contributed by atoms with van der Waals surface area (Å²) in [7, 11) is 0. The van der Waals surface area contributed by atoms with E-state index in [0.717, 1.165) is 21.4 Å². The molecule has 0 bridgehead atoms. The summed E-state index contributed by atoms with van der Waals surface area (Å²) >= 11 is 5.93. The first-order valence-electron chi connectivity index (χ1n) is 9.19. The highest BCUT2D eigenvalue weighted by molar-refractivity contribution is 6.30. The number of nitrogens with zero attached hydrogens (tertiary/aromatic N) is 1. The second-order valence-electron chi connectivity index (χ2n) is 6.95. The van der Waals surface area contributed by atoms with Crippen LogP contribution in [0.3, 0.4) is 0 Å². The minimum atomic E-state index is -0.963. The van der Waals surface area contributed by atoms with Crippen LogP contribution in [0.5, 0.6) is 0 Å². The van der Waals surface area contributed by atoms with Crippen LogP contribution in [0.25, 0.3) is 10.9 Å². The summed E-state index contributed by atoms with van der Waals surface area (Å²) in [6.45, 7) is 1.52. The number of fused-ring (bicyclic) bond motifs is 1. The first-order valence-corrected chi connectivity index (χ1v) is 9.57. The minimum Gasteiger partial charge on any atom is -0.361 e. The molecule has 0 radical (unpaired) electrons. The van der Waals surface area contributed by atoms with Crippen molar-refractivity contribution >= 4 is 46.0 Å². The molecule has 0 aliphatic carbocycles. The number of aromatic nitrogens is 1. The van der Waals surface area contributed by atoms with Crippen molar-refractivity contribution < 1.29 is 14.4 Å². The van der Waals surface area contributed by atoms with E-state index in [4.69, 9.17) is 11.6 Å². The number of carbonyl (C=O) groups excluding carboxylic acids is 3. The minimum absolute atomic E-state index is 0.341. The molecular formula is C21H19ClN4O3. The highest BCUT2D eigenvalue weighted by Crippen LogP contribution is 2.22. The normalized spacial score (nSPS) is 17.4. The molecule has 7 nitrogen and oxygen atoms in total. The zero-order chi connectivity index (χ0) is 20.5. The van der Waals surface area contributed by atoms with E-state index >= 15 is 0 Å². The van der Waals surface area contributed by atoms with Gasteiger partial charge in [0.05, 0.1) is 0 Å². The predicted octanol–water partition coefficient (Wildman–Crippen LogP) is 3.31. The van der Waals surface area contributed by atoms with E-state index in [-0.39, 0.29) is 0 Å². The second-order valence-corrected chi connectivity index (χ2v) is 7.39. The molecule has 2 heterocycles. The van der Waals surface area contributed by atoms with Gasteiger partial charge in [0.15, 0.2) is 0 Å². The largest absolute Gasteiger partial charge is 0.361 e. The van der Waals surface area contributed by atoms with E-state index in [9.17, 15) is 14.4 Å². The molecule has 3 N–H and O–H groups in total. The summed E-state index contributed by atoms with van der Waals surface area (Å²) in [4.78, 5) is 42.0. The monoisotopic (exact) mass is 410 g/mol. The van der Waals surface area contributed by atoms with Crippen molar-refractivity contribution in [3.63, 3.8) is 0 Å². The number of para-hydroxylation sites is 1. The van der Waals surface area contributed by atoms with Crippen molar-refractivity contribution in [1.29, 1.82) is 0 Å². The maximum absolute atomic E-state index is 12.9. The van der Waals surface area contributed by atoms with Gasteiger partial charge in [0.1, 0.15) is 12.1 Å². The molecule has 1 saturated heterocycles. The molecule has 29 heavy (non-hydrogen) atoms. The van der Waals surface area contributed by atoms with Crippen LogP contribution in [0, 0.1) is 0 Å². The Bertz CT molecular complexity index is 1110. The highest BCUT2D eigenvalue weighted by atomic mass is 35.5. The number of aromatic amines is 1. The summed E-state index contributed by atoms with van der Waals surface area (Å²) in [6.07, 6.45) is 2.18. The molecule has 1 aliphatic heterocycles. The summed E-state index contributed by atoms with van der Waals surface area (Å²) < 4.78 is 0. The smallest absolute Gasteiger partial charge is 0.325 e. The van der Waals surface area contributed by atoms with Gasteiger partial charge in [-0.2, -0.15) is 0 Å². The van der Waals surface area contributed by atoms with Gasteiger partial charge in [-0.15, -0.1) is 0 Å². The number of urea groups is 1. The van der Waals surface area contributed by atoms with Crippen molar-refractivity contribution in [3.8, 4) is 0 Å². The quantitative estimate of drug-likeness (QED) is 0.563. The van der Waals surface area contributed by atoms with Gasteiger partial charge in [0, 0.05) is 34.2 Å². The lowest BCUT2D eigenvalue weighted by molar-refractivity contribution is -0.133. The SMILES string of the molecule is C[C@H](C(=O)Nc1cccc(Cl)c1)N1C(=O)N[C@@H](Cc2c[nH]c3ccccc23)C1=O. The number of amides is 4. The van der Waals surface area contributed by atoms with E-state index in [1.165, 1.54) is 6.92 Å². The lowest BCUT2D eigenvalue weighted by atomic mass is 10.0. The van der Waals surface area contributed by atoms with E-state index in [1.807, 2.05) is 30.5 Å². The number of carbonyl (C=O) groups is 3. The maximum atomic E-state index is 12.9. The van der Waals surface area contributed by atoms with Crippen molar-refractivity contribution in [2.24, 2.45) is 0 Å². The maximum Gasteiger partial charge on any atom is 0.325 e. The molecule has 4 rings (SSSR count). The van der Waals surface area contributed by atoms with Crippen molar-refractivity contribution in [3.05, 3.63) is 65.3 Å². The third-order valence-corrected chi connectivity index (χ3v) is 5.24. The van der Waals surface area contributed by atoms with Crippen LogP contribution < -0.4 is 10.6 Å². The molecule has 0 saturated carbocycles. The van der Waals surface area contributed by atoms with Crippen LogP contribution in [0.1, 0.15) is 12.5 Å². The summed E-state index contributed by atoms with van der Waals surface area (Å²) in [5.74, 6) is -0.891. The Hall–Kier alpha value is -3.32. The number of hydrogen-bond acceptors (Lipinski definition) is 3. The molecule has 8 heteroatoms. The van der Waals surface area contributed by atoms with Crippen LogP contribution in [0.15, 0.2) is 54.7 Å². The highest BCUT2D eigenvalue weighted by Gasteiger charge is 2.43. The fraction of sp³-hybridized carbons (Fsp3) is 0.190. The number of imide groups is 1. The zero-order valence-corrected chi connectivity index (χ0v) is 16.4. The lowest BCUT2D eigenvalue weighted by Crippen LogP contribution is -2.46. The zero-order valence-electron chi connectivity index (χ0n) is 15.6. The fourth-order valence-electron chi connectivity index (χ4n) is 3.50. The second kappa shape index (κ2) is 7.60. The number of nitrogens with one attached hydrogen (secondary N) is 3. The van der Waals surface area contributed by atoms with Gasteiger partial charge in [0.2, 0.25) is 5.91 Å². The van der Waals surface area contributed by atoms with Crippen LogP contribution in [-0.2, 0) is 16.0 Å². The van der Waals surface area contributed by atoms with Gasteiger partial charge >= 0.3 is 6.03 Å². The molecule has 4 amide bonds. The molecule has 3 aromatic rings. The summed E-state index contributed by atoms with van der Waals surface area (Å²) in [5, 5.41) is 6.85. The summed E-state index contributed by atoms with van der Waals surface area (Å²) in [5.41, 5.74) is 2.39. The van der Waals surface area contributed by atoms with Gasteiger partial charge in [-0.05, 0) is 36.8 Å². The van der Waals surface area contributed by atoms with Gasteiger partial charge < -0.3 is 15.6 Å². The number of hydrogen-bond donors (Lipinski definition) is 3. The third-order valence-electron chi connectivity index (χ3n) is 5.01. The molecule has 1 aromatic heterocycles. The molecule has 0 unspecified atom stereocenters. The molecule has 148 valence electrons. The molecule has 0 spiro atoms. The topological polar surface area (TPSA) is 94.3 Å². The van der Waals surface area contributed by atoms with E-state index in [0.29, 0.717) is 17.1 Å². The number of halogens is 1. The number of anilines is 1.